The second-order valence-corrected chi connectivity index (χ2v) is 3.10. The Bertz CT molecular complexity index is 201. The van der Waals surface area contributed by atoms with Gasteiger partial charge < -0.3 is 15.1 Å². The molecule has 0 heterocycles. The summed E-state index contributed by atoms with van der Waals surface area (Å²) in [6, 6.07) is -0.271. The van der Waals surface area contributed by atoms with Crippen LogP contribution in [0, 0.1) is 0 Å². The van der Waals surface area contributed by atoms with Gasteiger partial charge in [0.1, 0.15) is 0 Å². The molecule has 0 spiro atoms. The highest BCUT2D eigenvalue weighted by molar-refractivity contribution is 5.74. The molecule has 0 aromatic carbocycles. The van der Waals surface area contributed by atoms with Crippen molar-refractivity contribution >= 4 is 11.9 Å². The maximum Gasteiger partial charge on any atom is 0.305 e. The zero-order chi connectivity index (χ0) is 11.1. The van der Waals surface area contributed by atoms with Crippen LogP contribution in [0.3, 0.4) is 0 Å². The summed E-state index contributed by atoms with van der Waals surface area (Å²) in [5, 5.41) is 17.4. The molecule has 0 aromatic rings. The third kappa shape index (κ3) is 4.23. The Labute approximate surface area is 83.3 Å². The molecule has 14 heavy (non-hydrogen) atoms. The molecule has 0 aliphatic heterocycles. The zero-order valence-electron chi connectivity index (χ0n) is 8.56. The van der Waals surface area contributed by atoms with Crippen molar-refractivity contribution < 1.29 is 19.8 Å². The topological polar surface area (TPSA) is 77.8 Å². The molecule has 1 unspecified atom stereocenters. The van der Waals surface area contributed by atoms with Crippen LogP contribution in [0.25, 0.3) is 0 Å². The number of aliphatic carboxylic acids is 1. The van der Waals surface area contributed by atoms with Crippen molar-refractivity contribution in [2.75, 3.05) is 13.2 Å². The summed E-state index contributed by atoms with van der Waals surface area (Å²) in [5.41, 5.74) is 0. The molecule has 0 aliphatic carbocycles. The fraction of sp³-hybridized carbons (Fsp3) is 0.778. The van der Waals surface area contributed by atoms with Crippen LogP contribution < -0.4 is 0 Å². The summed E-state index contributed by atoms with van der Waals surface area (Å²) in [7, 11) is 0. The summed E-state index contributed by atoms with van der Waals surface area (Å²) in [6.45, 7) is 3.25. The molecule has 1 amide bonds. The van der Waals surface area contributed by atoms with Gasteiger partial charge in [-0.25, -0.2) is 0 Å². The first kappa shape index (κ1) is 12.9. The van der Waals surface area contributed by atoms with Crippen molar-refractivity contribution in [2.45, 2.75) is 32.7 Å². The van der Waals surface area contributed by atoms with E-state index in [0.717, 1.165) is 0 Å². The zero-order valence-corrected chi connectivity index (χ0v) is 8.56. The Hall–Kier alpha value is -1.10. The average Bonchev–Trinajstić information content (AvgIpc) is 2.11. The monoisotopic (exact) mass is 203 g/mol. The van der Waals surface area contributed by atoms with Crippen LogP contribution >= 0.6 is 0 Å². The van der Waals surface area contributed by atoms with Crippen LogP contribution in [0.1, 0.15) is 26.7 Å². The van der Waals surface area contributed by atoms with E-state index in [1.54, 1.807) is 0 Å². The predicted octanol–water partition coefficient (Wildman–Crippen LogP) is 0.0805. The van der Waals surface area contributed by atoms with Gasteiger partial charge in [-0.3, -0.25) is 9.59 Å². The van der Waals surface area contributed by atoms with Crippen LogP contribution in [0.5, 0.6) is 0 Å². The lowest BCUT2D eigenvalue weighted by Gasteiger charge is -2.28. The number of carbonyl (C=O) groups excluding carboxylic acids is 1. The number of nitrogens with zero attached hydrogens (tertiary/aromatic N) is 1. The minimum atomic E-state index is -0.941. The Morgan fingerprint density at radius 2 is 2.00 bits per heavy atom. The van der Waals surface area contributed by atoms with Crippen LogP contribution in [-0.4, -0.2) is 46.2 Å². The molecule has 2 N–H and O–H groups in total. The number of amides is 1. The van der Waals surface area contributed by atoms with Gasteiger partial charge in [0, 0.05) is 13.5 Å². The lowest BCUT2D eigenvalue weighted by atomic mass is 10.2. The fourth-order valence-electron chi connectivity index (χ4n) is 1.26. The largest absolute Gasteiger partial charge is 0.481 e. The second-order valence-electron chi connectivity index (χ2n) is 3.10. The minimum absolute atomic E-state index is 0.0872. The van der Waals surface area contributed by atoms with E-state index < -0.39 is 5.97 Å². The number of carboxylic acids is 1. The summed E-state index contributed by atoms with van der Waals surface area (Å²) >= 11 is 0. The van der Waals surface area contributed by atoms with E-state index in [9.17, 15) is 9.59 Å². The van der Waals surface area contributed by atoms with E-state index in [2.05, 4.69) is 0 Å². The summed E-state index contributed by atoms with van der Waals surface area (Å²) in [6.07, 6.45) is 0.534. The number of aliphatic hydroxyl groups is 1. The predicted molar refractivity (Wildman–Crippen MR) is 50.8 cm³/mol. The van der Waals surface area contributed by atoms with E-state index in [-0.39, 0.29) is 31.5 Å². The minimum Gasteiger partial charge on any atom is -0.481 e. The van der Waals surface area contributed by atoms with Crippen molar-refractivity contribution in [2.24, 2.45) is 0 Å². The Morgan fingerprint density at radius 3 is 2.29 bits per heavy atom. The molecular formula is C9H17NO4. The molecule has 0 saturated heterocycles. The molecule has 1 atom stereocenters. The number of rotatable bonds is 6. The Morgan fingerprint density at radius 1 is 1.43 bits per heavy atom. The van der Waals surface area contributed by atoms with Gasteiger partial charge in [-0.1, -0.05) is 6.92 Å². The van der Waals surface area contributed by atoms with Crippen molar-refractivity contribution in [3.05, 3.63) is 0 Å². The molecule has 5 heteroatoms. The number of hydrogen-bond acceptors (Lipinski definition) is 3. The number of hydrogen-bond donors (Lipinski definition) is 2. The van der Waals surface area contributed by atoms with E-state index in [1.807, 2.05) is 6.92 Å². The molecule has 5 nitrogen and oxygen atoms in total. The highest BCUT2D eigenvalue weighted by Gasteiger charge is 2.18. The molecule has 0 rings (SSSR count). The van der Waals surface area contributed by atoms with Gasteiger partial charge in [-0.2, -0.15) is 0 Å². The standard InChI is InChI=1S/C9H17NO4/c1-3-8(6-11)10(7(2)12)5-4-9(13)14/h8,11H,3-6H2,1-2H3,(H,13,14). The summed E-state index contributed by atoms with van der Waals surface area (Å²) in [5.74, 6) is -1.14. The second kappa shape index (κ2) is 6.37. The lowest BCUT2D eigenvalue weighted by molar-refractivity contribution is -0.139. The quantitative estimate of drug-likeness (QED) is 0.641. The van der Waals surface area contributed by atoms with Gasteiger partial charge in [0.15, 0.2) is 0 Å². The molecule has 0 saturated carbocycles. The van der Waals surface area contributed by atoms with Crippen LogP contribution in [0.15, 0.2) is 0 Å². The van der Waals surface area contributed by atoms with Crippen LogP contribution in [0.4, 0.5) is 0 Å². The third-order valence-corrected chi connectivity index (χ3v) is 2.09. The summed E-state index contributed by atoms with van der Waals surface area (Å²) in [4.78, 5) is 22.9. The molecule has 0 bridgehead atoms. The van der Waals surface area contributed by atoms with E-state index >= 15 is 0 Å². The van der Waals surface area contributed by atoms with Crippen LogP contribution in [0.2, 0.25) is 0 Å². The number of carboxylic acid groups (broad SMARTS) is 1. The van der Waals surface area contributed by atoms with E-state index in [1.165, 1.54) is 11.8 Å². The van der Waals surface area contributed by atoms with Gasteiger partial charge in [0.05, 0.1) is 19.1 Å². The van der Waals surface area contributed by atoms with E-state index in [0.29, 0.717) is 6.42 Å². The maximum atomic E-state index is 11.1. The van der Waals surface area contributed by atoms with E-state index in [4.69, 9.17) is 10.2 Å². The molecule has 82 valence electrons. The Kier molecular flexibility index (Phi) is 5.87. The van der Waals surface area contributed by atoms with Gasteiger partial charge >= 0.3 is 5.97 Å². The normalized spacial score (nSPS) is 12.2. The van der Waals surface area contributed by atoms with Crippen LogP contribution in [-0.2, 0) is 9.59 Å². The smallest absolute Gasteiger partial charge is 0.305 e. The number of carbonyl (C=O) groups is 2. The first-order valence-corrected chi connectivity index (χ1v) is 4.62. The molecule has 0 aromatic heterocycles. The highest BCUT2D eigenvalue weighted by Crippen LogP contribution is 2.05. The Balaban J connectivity index is 4.27. The fourth-order valence-corrected chi connectivity index (χ4v) is 1.26. The van der Waals surface area contributed by atoms with Crippen molar-refractivity contribution in [3.63, 3.8) is 0 Å². The maximum absolute atomic E-state index is 11.1. The molecule has 0 radical (unpaired) electrons. The highest BCUT2D eigenvalue weighted by atomic mass is 16.4. The lowest BCUT2D eigenvalue weighted by Crippen LogP contribution is -2.42. The number of aliphatic hydroxyl groups excluding tert-OH is 1. The first-order valence-electron chi connectivity index (χ1n) is 4.62. The summed E-state index contributed by atoms with van der Waals surface area (Å²) < 4.78 is 0. The SMILES string of the molecule is CCC(CO)N(CCC(=O)O)C(C)=O. The van der Waals surface area contributed by atoms with Crippen molar-refractivity contribution in [1.82, 2.24) is 4.90 Å². The van der Waals surface area contributed by atoms with Crippen molar-refractivity contribution in [3.8, 4) is 0 Å². The van der Waals surface area contributed by atoms with Gasteiger partial charge in [0.2, 0.25) is 5.91 Å². The average molecular weight is 203 g/mol. The molecule has 0 aliphatic rings. The van der Waals surface area contributed by atoms with Gasteiger partial charge in [0.25, 0.3) is 0 Å². The first-order chi connectivity index (χ1) is 6.52. The molecule has 0 fully saturated rings. The third-order valence-electron chi connectivity index (χ3n) is 2.09. The van der Waals surface area contributed by atoms with Gasteiger partial charge in [-0.05, 0) is 6.42 Å². The van der Waals surface area contributed by atoms with Crippen molar-refractivity contribution in [1.29, 1.82) is 0 Å². The molecular weight excluding hydrogens is 186 g/mol. The van der Waals surface area contributed by atoms with Gasteiger partial charge in [-0.15, -0.1) is 0 Å².